The Morgan fingerprint density at radius 1 is 1.39 bits per heavy atom. The van der Waals surface area contributed by atoms with Gasteiger partial charge in [-0.2, -0.15) is 0 Å². The second-order valence-electron chi connectivity index (χ2n) is 4.57. The van der Waals surface area contributed by atoms with Crippen LogP contribution in [0.1, 0.15) is 60.4 Å². The predicted octanol–water partition coefficient (Wildman–Crippen LogP) is 3.25. The zero-order chi connectivity index (χ0) is 13.1. The monoisotopic (exact) mass is 266 g/mol. The number of thioether (sulfide) groups is 1. The fraction of sp³-hybridized carbons (Fsp3) is 0.615. The summed E-state index contributed by atoms with van der Waals surface area (Å²) in [5.74, 6) is 1.15. The minimum Gasteiger partial charge on any atom is -0.478 e. The number of carboxylic acid groups (broad SMARTS) is 1. The zero-order valence-corrected chi connectivity index (χ0v) is 11.6. The van der Waals surface area contributed by atoms with Crippen molar-refractivity contribution in [1.82, 2.24) is 9.97 Å². The van der Waals surface area contributed by atoms with Crippen LogP contribution < -0.4 is 0 Å². The van der Waals surface area contributed by atoms with E-state index in [1.54, 1.807) is 6.92 Å². The summed E-state index contributed by atoms with van der Waals surface area (Å²) in [6.45, 7) is 3.77. The van der Waals surface area contributed by atoms with Crippen molar-refractivity contribution in [3.63, 3.8) is 0 Å². The minimum absolute atomic E-state index is 0.267. The van der Waals surface area contributed by atoms with Crippen molar-refractivity contribution in [2.75, 3.05) is 5.75 Å². The number of nitrogens with zero attached hydrogens (tertiary/aromatic N) is 2. The van der Waals surface area contributed by atoms with E-state index in [0.29, 0.717) is 16.6 Å². The lowest BCUT2D eigenvalue weighted by Gasteiger charge is -2.13. The van der Waals surface area contributed by atoms with Gasteiger partial charge in [-0.3, -0.25) is 0 Å². The van der Waals surface area contributed by atoms with Gasteiger partial charge in [-0.15, -0.1) is 11.8 Å². The highest BCUT2D eigenvalue weighted by Gasteiger charge is 2.24. The van der Waals surface area contributed by atoms with Crippen LogP contribution in [0.3, 0.4) is 0 Å². The van der Waals surface area contributed by atoms with Gasteiger partial charge >= 0.3 is 5.97 Å². The molecule has 0 amide bonds. The van der Waals surface area contributed by atoms with E-state index < -0.39 is 5.97 Å². The number of aryl methyl sites for hydroxylation is 1. The molecule has 0 unspecified atom stereocenters. The van der Waals surface area contributed by atoms with E-state index in [1.165, 1.54) is 24.6 Å². The van der Waals surface area contributed by atoms with Crippen LogP contribution in [0, 0.1) is 6.92 Å². The topological polar surface area (TPSA) is 63.1 Å². The Kier molecular flexibility index (Phi) is 4.22. The molecule has 98 valence electrons. The van der Waals surface area contributed by atoms with Crippen LogP contribution in [0.2, 0.25) is 0 Å². The first-order valence-electron chi connectivity index (χ1n) is 6.38. The van der Waals surface area contributed by atoms with Crippen LogP contribution in [0.25, 0.3) is 0 Å². The summed E-state index contributed by atoms with van der Waals surface area (Å²) in [6.07, 6.45) is 4.71. The number of rotatable bonds is 4. The van der Waals surface area contributed by atoms with Gasteiger partial charge in [0.25, 0.3) is 0 Å². The SMILES string of the molecule is CCSc1nc(C2CCCC2)nc(C)c1C(=O)O. The van der Waals surface area contributed by atoms with Gasteiger partial charge < -0.3 is 5.11 Å². The summed E-state index contributed by atoms with van der Waals surface area (Å²) >= 11 is 1.49. The number of aromatic carboxylic acids is 1. The lowest BCUT2D eigenvalue weighted by molar-refractivity contribution is 0.0690. The van der Waals surface area contributed by atoms with Crippen molar-refractivity contribution in [1.29, 1.82) is 0 Å². The average Bonchev–Trinajstić information content (AvgIpc) is 2.81. The molecule has 1 aromatic heterocycles. The van der Waals surface area contributed by atoms with Crippen molar-refractivity contribution in [2.45, 2.75) is 50.5 Å². The van der Waals surface area contributed by atoms with Crippen molar-refractivity contribution in [3.8, 4) is 0 Å². The van der Waals surface area contributed by atoms with E-state index in [-0.39, 0.29) is 5.56 Å². The van der Waals surface area contributed by atoms with Crippen molar-refractivity contribution in [3.05, 3.63) is 17.1 Å². The largest absolute Gasteiger partial charge is 0.478 e. The second-order valence-corrected chi connectivity index (χ2v) is 5.82. The number of aromatic nitrogens is 2. The molecule has 0 atom stereocenters. The van der Waals surface area contributed by atoms with Crippen LogP contribution in [-0.4, -0.2) is 26.8 Å². The molecule has 5 heteroatoms. The highest BCUT2D eigenvalue weighted by molar-refractivity contribution is 7.99. The Balaban J connectivity index is 2.42. The first kappa shape index (κ1) is 13.3. The van der Waals surface area contributed by atoms with E-state index in [4.69, 9.17) is 0 Å². The molecule has 18 heavy (non-hydrogen) atoms. The molecule has 0 aliphatic heterocycles. The molecule has 1 heterocycles. The Hall–Kier alpha value is -1.10. The summed E-state index contributed by atoms with van der Waals surface area (Å²) in [4.78, 5) is 20.2. The maximum absolute atomic E-state index is 11.3. The quantitative estimate of drug-likeness (QED) is 0.669. The molecule has 0 bridgehead atoms. The second kappa shape index (κ2) is 5.69. The number of carboxylic acids is 1. The molecular formula is C13H18N2O2S. The van der Waals surface area contributed by atoms with E-state index in [2.05, 4.69) is 9.97 Å². The number of carbonyl (C=O) groups is 1. The van der Waals surface area contributed by atoms with Crippen molar-refractivity contribution < 1.29 is 9.90 Å². The van der Waals surface area contributed by atoms with E-state index in [1.807, 2.05) is 6.92 Å². The number of hydrogen-bond donors (Lipinski definition) is 1. The summed E-state index contributed by atoms with van der Waals surface area (Å²) in [5, 5.41) is 9.86. The first-order valence-corrected chi connectivity index (χ1v) is 7.36. The molecule has 1 saturated carbocycles. The molecule has 4 nitrogen and oxygen atoms in total. The standard InChI is InChI=1S/C13H18N2O2S/c1-3-18-12-10(13(16)17)8(2)14-11(15-12)9-6-4-5-7-9/h9H,3-7H2,1-2H3,(H,16,17). The Morgan fingerprint density at radius 2 is 2.06 bits per heavy atom. The van der Waals surface area contributed by atoms with Gasteiger partial charge in [0.15, 0.2) is 0 Å². The summed E-state index contributed by atoms with van der Waals surface area (Å²) < 4.78 is 0. The van der Waals surface area contributed by atoms with Crippen LogP contribution in [0.15, 0.2) is 5.03 Å². The average molecular weight is 266 g/mol. The summed E-state index contributed by atoms with van der Waals surface area (Å²) in [5.41, 5.74) is 0.860. The third kappa shape index (κ3) is 2.66. The highest BCUT2D eigenvalue weighted by Crippen LogP contribution is 2.34. The molecule has 0 saturated heterocycles. The maximum Gasteiger partial charge on any atom is 0.340 e. The molecule has 1 aliphatic carbocycles. The first-order chi connectivity index (χ1) is 8.63. The van der Waals surface area contributed by atoms with Crippen LogP contribution in [-0.2, 0) is 0 Å². The Morgan fingerprint density at radius 3 is 2.61 bits per heavy atom. The van der Waals surface area contributed by atoms with Crippen LogP contribution in [0.5, 0.6) is 0 Å². The lowest BCUT2D eigenvalue weighted by atomic mass is 10.1. The fourth-order valence-corrected chi connectivity index (χ4v) is 3.23. The molecule has 1 aromatic rings. The molecule has 2 rings (SSSR count). The van der Waals surface area contributed by atoms with Gasteiger partial charge in [0.2, 0.25) is 0 Å². The summed E-state index contributed by atoms with van der Waals surface area (Å²) in [7, 11) is 0. The van der Waals surface area contributed by atoms with Crippen molar-refractivity contribution in [2.24, 2.45) is 0 Å². The smallest absolute Gasteiger partial charge is 0.340 e. The fourth-order valence-electron chi connectivity index (χ4n) is 2.42. The molecule has 0 radical (unpaired) electrons. The Labute approximate surface area is 111 Å². The van der Waals surface area contributed by atoms with Gasteiger partial charge in [0.05, 0.1) is 5.69 Å². The maximum atomic E-state index is 11.3. The van der Waals surface area contributed by atoms with E-state index in [0.717, 1.165) is 24.4 Å². The normalized spacial score (nSPS) is 16.1. The van der Waals surface area contributed by atoms with Crippen LogP contribution in [0.4, 0.5) is 0 Å². The molecule has 1 fully saturated rings. The van der Waals surface area contributed by atoms with Gasteiger partial charge in [-0.05, 0) is 25.5 Å². The molecule has 0 spiro atoms. The van der Waals surface area contributed by atoms with Gasteiger partial charge in [-0.1, -0.05) is 19.8 Å². The van der Waals surface area contributed by atoms with Gasteiger partial charge in [0, 0.05) is 5.92 Å². The molecular weight excluding hydrogens is 248 g/mol. The molecule has 1 aliphatic rings. The summed E-state index contributed by atoms with van der Waals surface area (Å²) in [6, 6.07) is 0. The zero-order valence-electron chi connectivity index (χ0n) is 10.8. The third-order valence-corrected chi connectivity index (χ3v) is 4.15. The highest BCUT2D eigenvalue weighted by atomic mass is 32.2. The molecule has 1 N–H and O–H groups in total. The minimum atomic E-state index is -0.929. The molecule has 0 aromatic carbocycles. The van der Waals surface area contributed by atoms with Gasteiger partial charge in [-0.25, -0.2) is 14.8 Å². The van der Waals surface area contributed by atoms with E-state index in [9.17, 15) is 9.90 Å². The lowest BCUT2D eigenvalue weighted by Crippen LogP contribution is -2.11. The van der Waals surface area contributed by atoms with Crippen molar-refractivity contribution >= 4 is 17.7 Å². The number of hydrogen-bond acceptors (Lipinski definition) is 4. The Bertz CT molecular complexity index is 457. The predicted molar refractivity (Wildman–Crippen MR) is 71.3 cm³/mol. The van der Waals surface area contributed by atoms with Crippen LogP contribution >= 0.6 is 11.8 Å². The van der Waals surface area contributed by atoms with Gasteiger partial charge in [0.1, 0.15) is 16.4 Å². The third-order valence-electron chi connectivity index (χ3n) is 3.29. The van der Waals surface area contributed by atoms with E-state index >= 15 is 0 Å².